The number of thiophene rings is 1. The van der Waals surface area contributed by atoms with Gasteiger partial charge in [0.25, 0.3) is 0 Å². The molecule has 1 aliphatic carbocycles. The van der Waals surface area contributed by atoms with Crippen molar-refractivity contribution in [1.29, 1.82) is 0 Å². The second-order valence-electron chi connectivity index (χ2n) is 10.2. The molecule has 31 heavy (non-hydrogen) atoms. The highest BCUT2D eigenvalue weighted by Crippen LogP contribution is 2.43. The van der Waals surface area contributed by atoms with Gasteiger partial charge in [0.05, 0.1) is 11.8 Å². The summed E-state index contributed by atoms with van der Waals surface area (Å²) in [6, 6.07) is 1.65. The standard InChI is InChI=1S/C23H31F3N4S/c1-16-2-4-17(5-3-16)12-29-8-6-22(13-29)7-9-30(14-22)20-19-10-18(11-23(24,25)26)31-21(19)28-15-27-20/h10,15-17H,2-9,11-14H2,1H3. The maximum Gasteiger partial charge on any atom is 0.393 e. The monoisotopic (exact) mass is 452 g/mol. The van der Waals surface area contributed by atoms with Gasteiger partial charge >= 0.3 is 6.18 Å². The number of aromatic nitrogens is 2. The van der Waals surface area contributed by atoms with Crippen molar-refractivity contribution < 1.29 is 13.2 Å². The van der Waals surface area contributed by atoms with Crippen molar-refractivity contribution in [3.05, 3.63) is 17.3 Å². The van der Waals surface area contributed by atoms with E-state index in [4.69, 9.17) is 0 Å². The van der Waals surface area contributed by atoms with Crippen LogP contribution in [-0.2, 0) is 6.42 Å². The van der Waals surface area contributed by atoms with Crippen LogP contribution in [0, 0.1) is 17.3 Å². The van der Waals surface area contributed by atoms with Gasteiger partial charge < -0.3 is 9.80 Å². The molecule has 0 amide bonds. The Hall–Kier alpha value is -1.41. The number of likely N-dealkylation sites (tertiary alicyclic amines) is 1. The molecule has 0 radical (unpaired) electrons. The van der Waals surface area contributed by atoms with Gasteiger partial charge in [-0.25, -0.2) is 9.97 Å². The fraction of sp³-hybridized carbons (Fsp3) is 0.739. The van der Waals surface area contributed by atoms with Crippen LogP contribution in [0.25, 0.3) is 10.2 Å². The molecule has 1 unspecified atom stereocenters. The number of anilines is 1. The average Bonchev–Trinajstić information content (AvgIpc) is 3.41. The molecule has 4 nitrogen and oxygen atoms in total. The first-order valence-corrected chi connectivity index (χ1v) is 12.4. The maximum atomic E-state index is 12.9. The first kappa shape index (κ1) is 21.4. The Morgan fingerprint density at radius 2 is 1.87 bits per heavy atom. The van der Waals surface area contributed by atoms with E-state index in [-0.39, 0.29) is 0 Å². The predicted molar refractivity (Wildman–Crippen MR) is 119 cm³/mol. The van der Waals surface area contributed by atoms with Gasteiger partial charge in [0, 0.05) is 36.5 Å². The summed E-state index contributed by atoms with van der Waals surface area (Å²) in [5.74, 6) is 2.55. The van der Waals surface area contributed by atoms with Crippen molar-refractivity contribution in [2.24, 2.45) is 17.3 Å². The first-order chi connectivity index (χ1) is 14.8. The molecule has 2 aromatic rings. The van der Waals surface area contributed by atoms with Crippen LogP contribution in [0.2, 0.25) is 0 Å². The van der Waals surface area contributed by atoms with Gasteiger partial charge in [-0.3, -0.25) is 0 Å². The lowest BCUT2D eigenvalue weighted by Gasteiger charge is -2.31. The SMILES string of the molecule is CC1CCC(CN2CCC3(CCN(c4ncnc5sc(CC(F)(F)F)cc45)C3)C2)CC1. The zero-order valence-electron chi connectivity index (χ0n) is 18.1. The lowest BCUT2D eigenvalue weighted by Crippen LogP contribution is -2.34. The van der Waals surface area contributed by atoms with Crippen molar-refractivity contribution in [2.45, 2.75) is 58.0 Å². The van der Waals surface area contributed by atoms with Crippen LogP contribution < -0.4 is 4.90 Å². The summed E-state index contributed by atoms with van der Waals surface area (Å²) in [7, 11) is 0. The highest BCUT2D eigenvalue weighted by atomic mass is 32.1. The van der Waals surface area contributed by atoms with Crippen LogP contribution in [0.15, 0.2) is 12.4 Å². The minimum absolute atomic E-state index is 0.296. The summed E-state index contributed by atoms with van der Waals surface area (Å²) in [6.45, 7) is 7.79. The van der Waals surface area contributed by atoms with Crippen LogP contribution in [0.4, 0.5) is 19.0 Å². The highest BCUT2D eigenvalue weighted by molar-refractivity contribution is 7.18. The van der Waals surface area contributed by atoms with Crippen LogP contribution in [0.1, 0.15) is 50.3 Å². The van der Waals surface area contributed by atoms with Crippen molar-refractivity contribution in [3.63, 3.8) is 0 Å². The lowest BCUT2D eigenvalue weighted by molar-refractivity contribution is -0.126. The second-order valence-corrected chi connectivity index (χ2v) is 11.3. The van der Waals surface area contributed by atoms with Crippen LogP contribution in [0.5, 0.6) is 0 Å². The van der Waals surface area contributed by atoms with E-state index in [9.17, 15) is 13.2 Å². The normalized spacial score (nSPS) is 30.1. The van der Waals surface area contributed by atoms with E-state index in [0.29, 0.717) is 15.1 Å². The largest absolute Gasteiger partial charge is 0.393 e. The zero-order valence-corrected chi connectivity index (χ0v) is 18.9. The molecule has 5 rings (SSSR count). The Labute approximate surface area is 185 Å². The van der Waals surface area contributed by atoms with E-state index in [1.54, 1.807) is 6.07 Å². The molecule has 1 atom stereocenters. The number of alkyl halides is 3. The number of rotatable bonds is 4. The molecule has 2 aliphatic heterocycles. The van der Waals surface area contributed by atoms with E-state index in [1.807, 2.05) is 0 Å². The number of fused-ring (bicyclic) bond motifs is 1. The number of nitrogens with zero attached hydrogens (tertiary/aromatic N) is 4. The van der Waals surface area contributed by atoms with Crippen molar-refractivity contribution in [1.82, 2.24) is 14.9 Å². The summed E-state index contributed by atoms with van der Waals surface area (Å²) < 4.78 is 38.6. The molecule has 170 valence electrons. The molecule has 1 spiro atoms. The smallest absolute Gasteiger partial charge is 0.355 e. The third kappa shape index (κ3) is 4.70. The molecule has 1 saturated carbocycles. The summed E-state index contributed by atoms with van der Waals surface area (Å²) >= 11 is 1.13. The molecule has 0 bridgehead atoms. The molecule has 8 heteroatoms. The molecular weight excluding hydrogens is 421 g/mol. The van der Waals surface area contributed by atoms with Gasteiger partial charge in [0.2, 0.25) is 0 Å². The Balaban J connectivity index is 1.26. The first-order valence-electron chi connectivity index (χ1n) is 11.6. The Morgan fingerprint density at radius 3 is 2.65 bits per heavy atom. The summed E-state index contributed by atoms with van der Waals surface area (Å²) in [6.07, 6.45) is 4.24. The maximum absolute atomic E-state index is 12.9. The van der Waals surface area contributed by atoms with Crippen LogP contribution in [-0.4, -0.2) is 53.8 Å². The van der Waals surface area contributed by atoms with Gasteiger partial charge in [-0.05, 0) is 50.1 Å². The minimum atomic E-state index is -4.20. The minimum Gasteiger partial charge on any atom is -0.355 e. The average molecular weight is 453 g/mol. The summed E-state index contributed by atoms with van der Waals surface area (Å²) in [5.41, 5.74) is 0.296. The highest BCUT2D eigenvalue weighted by Gasteiger charge is 2.44. The van der Waals surface area contributed by atoms with Crippen LogP contribution >= 0.6 is 11.3 Å². The zero-order chi connectivity index (χ0) is 21.6. The van der Waals surface area contributed by atoms with E-state index in [1.165, 1.54) is 51.5 Å². The molecule has 0 N–H and O–H groups in total. The van der Waals surface area contributed by atoms with Gasteiger partial charge in [-0.2, -0.15) is 13.2 Å². The summed E-state index contributed by atoms with van der Waals surface area (Å²) in [4.78, 5) is 14.7. The fourth-order valence-corrected chi connectivity index (χ4v) is 6.96. The third-order valence-corrected chi connectivity index (χ3v) is 8.68. The molecule has 0 aromatic carbocycles. The van der Waals surface area contributed by atoms with E-state index in [0.717, 1.165) is 60.4 Å². The van der Waals surface area contributed by atoms with Crippen molar-refractivity contribution >= 4 is 27.4 Å². The Kier molecular flexibility index (Phi) is 5.65. The third-order valence-electron chi connectivity index (χ3n) is 7.64. The number of hydrogen-bond acceptors (Lipinski definition) is 5. The molecule has 2 aromatic heterocycles. The lowest BCUT2D eigenvalue weighted by atomic mass is 9.82. The Bertz CT molecular complexity index is 921. The predicted octanol–water partition coefficient (Wildman–Crippen LogP) is 5.52. The van der Waals surface area contributed by atoms with E-state index >= 15 is 0 Å². The quantitative estimate of drug-likeness (QED) is 0.611. The van der Waals surface area contributed by atoms with Crippen molar-refractivity contribution in [2.75, 3.05) is 37.6 Å². The molecular formula is C23H31F3N4S. The second kappa shape index (κ2) is 8.18. The molecule has 3 aliphatic rings. The van der Waals surface area contributed by atoms with E-state index < -0.39 is 12.6 Å². The van der Waals surface area contributed by atoms with Crippen molar-refractivity contribution in [3.8, 4) is 0 Å². The molecule has 3 fully saturated rings. The van der Waals surface area contributed by atoms with Crippen LogP contribution in [0.3, 0.4) is 0 Å². The number of halogens is 3. The summed E-state index contributed by atoms with van der Waals surface area (Å²) in [5, 5.41) is 0.773. The van der Waals surface area contributed by atoms with E-state index in [2.05, 4.69) is 26.7 Å². The van der Waals surface area contributed by atoms with Gasteiger partial charge in [-0.1, -0.05) is 19.8 Å². The van der Waals surface area contributed by atoms with Gasteiger partial charge in [0.15, 0.2) is 0 Å². The van der Waals surface area contributed by atoms with Gasteiger partial charge in [-0.15, -0.1) is 11.3 Å². The Morgan fingerprint density at radius 1 is 1.10 bits per heavy atom. The topological polar surface area (TPSA) is 32.3 Å². The molecule has 4 heterocycles. The van der Waals surface area contributed by atoms with Gasteiger partial charge in [0.1, 0.15) is 17.0 Å². The number of hydrogen-bond donors (Lipinski definition) is 0. The fourth-order valence-electron chi connectivity index (χ4n) is 5.94. The molecule has 2 saturated heterocycles.